The van der Waals surface area contributed by atoms with E-state index < -0.39 is 0 Å². The van der Waals surface area contributed by atoms with Crippen molar-refractivity contribution in [1.29, 1.82) is 0 Å². The Bertz CT molecular complexity index is 759. The minimum absolute atomic E-state index is 0.186. The number of fused-ring (bicyclic) bond motifs is 1. The van der Waals surface area contributed by atoms with E-state index in [0.29, 0.717) is 6.54 Å². The third-order valence-corrected chi connectivity index (χ3v) is 5.32. The van der Waals surface area contributed by atoms with Gasteiger partial charge in [0, 0.05) is 25.4 Å². The first-order valence-electron chi connectivity index (χ1n) is 9.29. The van der Waals surface area contributed by atoms with Crippen molar-refractivity contribution in [2.45, 2.75) is 58.8 Å². The zero-order valence-electron chi connectivity index (χ0n) is 15.0. The van der Waals surface area contributed by atoms with Gasteiger partial charge in [-0.1, -0.05) is 6.92 Å². The van der Waals surface area contributed by atoms with E-state index in [1.165, 1.54) is 0 Å². The summed E-state index contributed by atoms with van der Waals surface area (Å²) in [5.74, 6) is 3.56. The number of hydrogen-bond donors (Lipinski definition) is 1. The monoisotopic (exact) mass is 342 g/mol. The quantitative estimate of drug-likeness (QED) is 0.876. The molecule has 1 atom stereocenters. The molecule has 1 unspecified atom stereocenters. The molecule has 0 spiro atoms. The van der Waals surface area contributed by atoms with Crippen LogP contribution in [0, 0.1) is 5.92 Å². The minimum atomic E-state index is 0.186. The third kappa shape index (κ3) is 3.35. The maximum Gasteiger partial charge on any atom is 0.223 e. The zero-order valence-corrected chi connectivity index (χ0v) is 15.0. The highest BCUT2D eigenvalue weighted by Crippen LogP contribution is 2.29. The topological polar surface area (TPSA) is 63.3 Å². The number of imidazole rings is 1. The van der Waals surface area contributed by atoms with Crippen molar-refractivity contribution in [3.05, 3.63) is 41.4 Å². The largest absolute Gasteiger partial charge is 0.465 e. The van der Waals surface area contributed by atoms with Gasteiger partial charge >= 0.3 is 0 Å². The lowest BCUT2D eigenvalue weighted by molar-refractivity contribution is -0.122. The van der Waals surface area contributed by atoms with Gasteiger partial charge in [0.25, 0.3) is 0 Å². The van der Waals surface area contributed by atoms with Crippen molar-refractivity contribution in [3.8, 4) is 0 Å². The molecule has 0 radical (unpaired) electrons. The molecule has 1 saturated carbocycles. The van der Waals surface area contributed by atoms with Gasteiger partial charge in [-0.05, 0) is 31.9 Å². The predicted octanol–water partition coefficient (Wildman–Crippen LogP) is 2.64. The first-order chi connectivity index (χ1) is 12.2. The average Bonchev–Trinajstić information content (AvgIpc) is 3.24. The zero-order chi connectivity index (χ0) is 17.4. The molecule has 1 aliphatic heterocycles. The molecule has 0 saturated heterocycles. The lowest BCUT2D eigenvalue weighted by Crippen LogP contribution is -2.37. The highest BCUT2D eigenvalue weighted by atomic mass is 16.3. The number of amides is 1. The van der Waals surface area contributed by atoms with Gasteiger partial charge in [-0.3, -0.25) is 9.69 Å². The fourth-order valence-electron chi connectivity index (χ4n) is 3.53. The van der Waals surface area contributed by atoms with Crippen LogP contribution in [0.2, 0.25) is 0 Å². The van der Waals surface area contributed by atoms with Gasteiger partial charge in [0.1, 0.15) is 17.3 Å². The normalized spacial score (nSPS) is 20.5. The highest BCUT2D eigenvalue weighted by molar-refractivity contribution is 5.80. The molecule has 1 amide bonds. The van der Waals surface area contributed by atoms with Crippen LogP contribution in [0.25, 0.3) is 0 Å². The minimum Gasteiger partial charge on any atom is -0.465 e. The molecule has 3 heterocycles. The van der Waals surface area contributed by atoms with Gasteiger partial charge < -0.3 is 14.3 Å². The molecule has 4 rings (SSSR count). The lowest BCUT2D eigenvalue weighted by Gasteiger charge is -2.33. The summed E-state index contributed by atoms with van der Waals surface area (Å²) < 4.78 is 8.11. The average molecular weight is 342 g/mol. The second kappa shape index (κ2) is 6.67. The van der Waals surface area contributed by atoms with Gasteiger partial charge in [-0.2, -0.15) is 0 Å². The summed E-state index contributed by atoms with van der Waals surface area (Å²) in [5.41, 5.74) is 1.10. The number of aryl methyl sites for hydroxylation is 1. The number of carbonyl (C=O) groups is 1. The Kier molecular flexibility index (Phi) is 4.37. The van der Waals surface area contributed by atoms with Gasteiger partial charge in [-0.15, -0.1) is 0 Å². The Balaban J connectivity index is 1.41. The SMILES string of the molecule is CCc1ccc(CN2CCn3c(CNC(=O)C4CC4)cnc3C2C)o1. The molecule has 1 N–H and O–H groups in total. The Morgan fingerprint density at radius 3 is 2.84 bits per heavy atom. The van der Waals surface area contributed by atoms with E-state index in [1.807, 2.05) is 6.20 Å². The van der Waals surface area contributed by atoms with Crippen molar-refractivity contribution in [2.75, 3.05) is 6.54 Å². The van der Waals surface area contributed by atoms with Gasteiger partial charge in [0.15, 0.2) is 0 Å². The van der Waals surface area contributed by atoms with Gasteiger partial charge in [0.05, 0.1) is 31.0 Å². The van der Waals surface area contributed by atoms with E-state index in [2.05, 4.69) is 45.7 Å². The van der Waals surface area contributed by atoms with Crippen LogP contribution in [0.15, 0.2) is 22.7 Å². The van der Waals surface area contributed by atoms with E-state index in [1.54, 1.807) is 0 Å². The summed E-state index contributed by atoms with van der Waals surface area (Å²) in [5, 5.41) is 3.04. The molecule has 2 aliphatic rings. The molecule has 0 bridgehead atoms. The second-order valence-corrected chi connectivity index (χ2v) is 7.12. The van der Waals surface area contributed by atoms with Gasteiger partial charge in [-0.25, -0.2) is 4.98 Å². The predicted molar refractivity (Wildman–Crippen MR) is 93.7 cm³/mol. The summed E-state index contributed by atoms with van der Waals surface area (Å²) in [7, 11) is 0. The Morgan fingerprint density at radius 1 is 1.32 bits per heavy atom. The molecule has 25 heavy (non-hydrogen) atoms. The summed E-state index contributed by atoms with van der Waals surface area (Å²) in [6.07, 6.45) is 4.91. The molecule has 1 fully saturated rings. The van der Waals surface area contributed by atoms with Gasteiger partial charge in [0.2, 0.25) is 5.91 Å². The maximum absolute atomic E-state index is 11.9. The fourth-order valence-corrected chi connectivity index (χ4v) is 3.53. The maximum atomic E-state index is 11.9. The van der Waals surface area contributed by atoms with Crippen molar-refractivity contribution < 1.29 is 9.21 Å². The Morgan fingerprint density at radius 2 is 2.12 bits per heavy atom. The molecule has 6 heteroatoms. The first-order valence-corrected chi connectivity index (χ1v) is 9.29. The summed E-state index contributed by atoms with van der Waals surface area (Å²) in [6, 6.07) is 4.37. The fraction of sp³-hybridized carbons (Fsp3) is 0.579. The molecule has 2 aromatic heterocycles. The molecule has 2 aromatic rings. The van der Waals surface area contributed by atoms with Crippen LogP contribution in [0.5, 0.6) is 0 Å². The smallest absolute Gasteiger partial charge is 0.223 e. The van der Waals surface area contributed by atoms with Crippen LogP contribution in [0.4, 0.5) is 0 Å². The number of hydrogen-bond acceptors (Lipinski definition) is 4. The number of rotatable bonds is 6. The van der Waals surface area contributed by atoms with Crippen LogP contribution >= 0.6 is 0 Å². The van der Waals surface area contributed by atoms with Crippen LogP contribution in [0.1, 0.15) is 55.8 Å². The molecule has 134 valence electrons. The lowest BCUT2D eigenvalue weighted by atomic mass is 10.2. The second-order valence-electron chi connectivity index (χ2n) is 7.12. The summed E-state index contributed by atoms with van der Waals surface area (Å²) >= 11 is 0. The van der Waals surface area contributed by atoms with E-state index >= 15 is 0 Å². The third-order valence-electron chi connectivity index (χ3n) is 5.32. The van der Waals surface area contributed by atoms with Crippen molar-refractivity contribution in [3.63, 3.8) is 0 Å². The van der Waals surface area contributed by atoms with Crippen LogP contribution in [-0.2, 0) is 30.8 Å². The van der Waals surface area contributed by atoms with Crippen LogP contribution in [-0.4, -0.2) is 26.9 Å². The summed E-state index contributed by atoms with van der Waals surface area (Å²) in [4.78, 5) is 18.9. The van der Waals surface area contributed by atoms with E-state index in [-0.39, 0.29) is 17.9 Å². The molecular formula is C19H26N4O2. The van der Waals surface area contributed by atoms with E-state index in [4.69, 9.17) is 4.42 Å². The molecule has 0 aromatic carbocycles. The van der Waals surface area contributed by atoms with Crippen LogP contribution < -0.4 is 5.32 Å². The van der Waals surface area contributed by atoms with Crippen LogP contribution in [0.3, 0.4) is 0 Å². The van der Waals surface area contributed by atoms with E-state index in [9.17, 15) is 4.79 Å². The molecular weight excluding hydrogens is 316 g/mol. The molecule has 6 nitrogen and oxygen atoms in total. The van der Waals surface area contributed by atoms with Crippen molar-refractivity contribution >= 4 is 5.91 Å². The first kappa shape index (κ1) is 16.4. The van der Waals surface area contributed by atoms with E-state index in [0.717, 1.165) is 61.9 Å². The Labute approximate surface area is 148 Å². The number of aromatic nitrogens is 2. The standard InChI is InChI=1S/C19H26N4O2/c1-3-16-6-7-17(25-16)12-22-8-9-23-15(10-20-18(23)13(22)2)11-21-19(24)14-4-5-14/h6-7,10,13-14H,3-5,8-9,11-12H2,1-2H3,(H,21,24). The van der Waals surface area contributed by atoms with Crippen molar-refractivity contribution in [1.82, 2.24) is 19.8 Å². The molecule has 1 aliphatic carbocycles. The Hall–Kier alpha value is -2.08. The van der Waals surface area contributed by atoms with Crippen molar-refractivity contribution in [2.24, 2.45) is 5.92 Å². The number of nitrogens with zero attached hydrogens (tertiary/aromatic N) is 3. The summed E-state index contributed by atoms with van der Waals surface area (Å²) in [6.45, 7) is 7.53. The highest BCUT2D eigenvalue weighted by Gasteiger charge is 2.30. The number of furan rings is 1. The number of carbonyl (C=O) groups excluding carboxylic acids is 1. The number of nitrogens with one attached hydrogen (secondary N) is 1.